The Hall–Kier alpha value is -1.60. The van der Waals surface area contributed by atoms with E-state index in [0.717, 1.165) is 12.4 Å². The first-order chi connectivity index (χ1) is 10.3. The number of aromatic nitrogens is 2. The van der Waals surface area contributed by atoms with Gasteiger partial charge in [0.25, 0.3) is 0 Å². The van der Waals surface area contributed by atoms with Gasteiger partial charge in [-0.25, -0.2) is 9.78 Å². The predicted molar refractivity (Wildman–Crippen MR) is 75.8 cm³/mol. The van der Waals surface area contributed by atoms with E-state index >= 15 is 0 Å². The highest BCUT2D eigenvalue weighted by atomic mass is 16.5. The predicted octanol–water partition coefficient (Wildman–Crippen LogP) is 0.413. The summed E-state index contributed by atoms with van der Waals surface area (Å²) in [5.74, 6) is 1.23. The molecule has 0 aromatic carbocycles. The first-order valence-electron chi connectivity index (χ1n) is 7.38. The van der Waals surface area contributed by atoms with Crippen molar-refractivity contribution < 1.29 is 14.3 Å². The molecule has 0 saturated carbocycles. The first-order valence-corrected chi connectivity index (χ1v) is 7.38. The van der Waals surface area contributed by atoms with Crippen molar-refractivity contribution in [1.82, 2.24) is 19.4 Å². The minimum Gasteiger partial charge on any atom is -0.384 e. The molecule has 2 aliphatic heterocycles. The number of urea groups is 1. The van der Waals surface area contributed by atoms with Crippen LogP contribution in [-0.4, -0.2) is 71.9 Å². The SMILES string of the molecule is COC[C@@H]1CN(C(=O)N2CCOCC2)Cc2nccn2C1. The standard InChI is InChI=1S/C14H22N4O3/c1-20-11-12-8-17-3-2-15-13(17)10-18(9-12)14(19)16-4-6-21-7-5-16/h2-3,12H,4-11H2,1H3/t12-/m0/s1. The van der Waals surface area contributed by atoms with Gasteiger partial charge in [0.05, 0.1) is 26.4 Å². The van der Waals surface area contributed by atoms with Crippen LogP contribution in [0.3, 0.4) is 0 Å². The van der Waals surface area contributed by atoms with Gasteiger partial charge in [0.2, 0.25) is 0 Å². The molecule has 1 saturated heterocycles. The Bertz CT molecular complexity index is 484. The van der Waals surface area contributed by atoms with Gasteiger partial charge in [0, 0.05) is 51.6 Å². The second-order valence-electron chi connectivity index (χ2n) is 5.58. The third-order valence-corrected chi connectivity index (χ3v) is 4.02. The van der Waals surface area contributed by atoms with Crippen LogP contribution in [-0.2, 0) is 22.6 Å². The number of hydrogen-bond donors (Lipinski definition) is 0. The smallest absolute Gasteiger partial charge is 0.320 e. The van der Waals surface area contributed by atoms with E-state index in [2.05, 4.69) is 9.55 Å². The molecule has 0 spiro atoms. The Morgan fingerprint density at radius 1 is 1.38 bits per heavy atom. The van der Waals surface area contributed by atoms with Crippen LogP contribution in [0.5, 0.6) is 0 Å². The summed E-state index contributed by atoms with van der Waals surface area (Å²) in [4.78, 5) is 20.8. The Morgan fingerprint density at radius 2 is 2.19 bits per heavy atom. The summed E-state index contributed by atoms with van der Waals surface area (Å²) in [5, 5.41) is 0. The fourth-order valence-electron chi connectivity index (χ4n) is 2.98. The number of carbonyl (C=O) groups is 1. The number of morpholine rings is 1. The zero-order valence-corrected chi connectivity index (χ0v) is 12.4. The number of fused-ring (bicyclic) bond motifs is 1. The van der Waals surface area contributed by atoms with Crippen molar-refractivity contribution in [2.24, 2.45) is 5.92 Å². The third-order valence-electron chi connectivity index (χ3n) is 4.02. The lowest BCUT2D eigenvalue weighted by atomic mass is 10.1. The summed E-state index contributed by atoms with van der Waals surface area (Å²) >= 11 is 0. The molecule has 0 unspecified atom stereocenters. The van der Waals surface area contributed by atoms with E-state index in [9.17, 15) is 4.79 Å². The molecule has 2 amide bonds. The maximum absolute atomic E-state index is 12.7. The van der Waals surface area contributed by atoms with E-state index in [1.54, 1.807) is 13.3 Å². The highest BCUT2D eigenvalue weighted by molar-refractivity contribution is 5.74. The minimum atomic E-state index is 0.0795. The summed E-state index contributed by atoms with van der Waals surface area (Å²) < 4.78 is 12.7. The van der Waals surface area contributed by atoms with Crippen LogP contribution < -0.4 is 0 Å². The van der Waals surface area contributed by atoms with Gasteiger partial charge in [-0.3, -0.25) is 0 Å². The number of imidazole rings is 1. The molecule has 1 aromatic rings. The molecule has 1 fully saturated rings. The molecule has 21 heavy (non-hydrogen) atoms. The lowest BCUT2D eigenvalue weighted by Gasteiger charge is -2.33. The zero-order chi connectivity index (χ0) is 14.7. The molecule has 0 bridgehead atoms. The summed E-state index contributed by atoms with van der Waals surface area (Å²) in [6.07, 6.45) is 3.77. The van der Waals surface area contributed by atoms with Crippen molar-refractivity contribution in [1.29, 1.82) is 0 Å². The summed E-state index contributed by atoms with van der Waals surface area (Å²) in [6, 6.07) is 0.0795. The van der Waals surface area contributed by atoms with Crippen LogP contribution in [0.1, 0.15) is 5.82 Å². The van der Waals surface area contributed by atoms with Crippen molar-refractivity contribution in [3.63, 3.8) is 0 Å². The van der Waals surface area contributed by atoms with Crippen LogP contribution in [0.2, 0.25) is 0 Å². The van der Waals surface area contributed by atoms with Gasteiger partial charge in [0.1, 0.15) is 5.82 Å². The lowest BCUT2D eigenvalue weighted by Crippen LogP contribution is -2.49. The number of amides is 2. The topological polar surface area (TPSA) is 59.8 Å². The molecule has 1 atom stereocenters. The largest absolute Gasteiger partial charge is 0.384 e. The molecular weight excluding hydrogens is 272 g/mol. The summed E-state index contributed by atoms with van der Waals surface area (Å²) in [7, 11) is 1.70. The molecule has 0 N–H and O–H groups in total. The van der Waals surface area contributed by atoms with Gasteiger partial charge in [-0.1, -0.05) is 0 Å². The number of carbonyl (C=O) groups excluding carboxylic acids is 1. The van der Waals surface area contributed by atoms with Crippen LogP contribution in [0.25, 0.3) is 0 Å². The molecule has 1 aromatic heterocycles. The highest BCUT2D eigenvalue weighted by Gasteiger charge is 2.29. The number of methoxy groups -OCH3 is 1. The summed E-state index contributed by atoms with van der Waals surface area (Å²) in [5.41, 5.74) is 0. The molecule has 0 aliphatic carbocycles. The van der Waals surface area contributed by atoms with E-state index in [0.29, 0.717) is 46.0 Å². The van der Waals surface area contributed by atoms with Crippen molar-refractivity contribution in [2.75, 3.05) is 46.6 Å². The van der Waals surface area contributed by atoms with Crippen molar-refractivity contribution in [2.45, 2.75) is 13.1 Å². The zero-order valence-electron chi connectivity index (χ0n) is 12.4. The molecule has 3 rings (SSSR count). The molecule has 2 aliphatic rings. The molecule has 116 valence electrons. The number of hydrogen-bond acceptors (Lipinski definition) is 4. The maximum Gasteiger partial charge on any atom is 0.320 e. The van der Waals surface area contributed by atoms with Gasteiger partial charge in [0.15, 0.2) is 0 Å². The fourth-order valence-corrected chi connectivity index (χ4v) is 2.98. The average Bonchev–Trinajstić information content (AvgIpc) is 2.86. The monoisotopic (exact) mass is 294 g/mol. The van der Waals surface area contributed by atoms with Crippen molar-refractivity contribution in [3.8, 4) is 0 Å². The molecule has 7 nitrogen and oxygen atoms in total. The van der Waals surface area contributed by atoms with Crippen LogP contribution in [0.15, 0.2) is 12.4 Å². The quantitative estimate of drug-likeness (QED) is 0.793. The van der Waals surface area contributed by atoms with Crippen LogP contribution >= 0.6 is 0 Å². The Morgan fingerprint density at radius 3 is 2.95 bits per heavy atom. The number of ether oxygens (including phenoxy) is 2. The second-order valence-corrected chi connectivity index (χ2v) is 5.58. The van der Waals surface area contributed by atoms with E-state index in [4.69, 9.17) is 9.47 Å². The second kappa shape index (κ2) is 6.44. The Labute approximate surface area is 124 Å². The van der Waals surface area contributed by atoms with Gasteiger partial charge >= 0.3 is 6.03 Å². The third kappa shape index (κ3) is 3.19. The van der Waals surface area contributed by atoms with Gasteiger partial charge in [-0.2, -0.15) is 0 Å². The maximum atomic E-state index is 12.7. The van der Waals surface area contributed by atoms with Crippen molar-refractivity contribution >= 4 is 6.03 Å². The minimum absolute atomic E-state index is 0.0795. The van der Waals surface area contributed by atoms with E-state index in [1.807, 2.05) is 16.0 Å². The van der Waals surface area contributed by atoms with Crippen LogP contribution in [0, 0.1) is 5.92 Å². The van der Waals surface area contributed by atoms with Crippen LogP contribution in [0.4, 0.5) is 4.79 Å². The van der Waals surface area contributed by atoms with Gasteiger partial charge < -0.3 is 23.8 Å². The average molecular weight is 294 g/mol. The molecular formula is C14H22N4O3. The van der Waals surface area contributed by atoms with E-state index < -0.39 is 0 Å². The Kier molecular flexibility index (Phi) is 4.40. The van der Waals surface area contributed by atoms with E-state index in [-0.39, 0.29) is 11.9 Å². The van der Waals surface area contributed by atoms with Gasteiger partial charge in [-0.05, 0) is 0 Å². The first kappa shape index (κ1) is 14.3. The van der Waals surface area contributed by atoms with Crippen molar-refractivity contribution in [3.05, 3.63) is 18.2 Å². The number of nitrogens with zero attached hydrogens (tertiary/aromatic N) is 4. The highest BCUT2D eigenvalue weighted by Crippen LogP contribution is 2.17. The van der Waals surface area contributed by atoms with Gasteiger partial charge in [-0.15, -0.1) is 0 Å². The molecule has 0 radical (unpaired) electrons. The Balaban J connectivity index is 1.75. The molecule has 3 heterocycles. The normalized spacial score (nSPS) is 22.8. The molecule has 7 heteroatoms. The summed E-state index contributed by atoms with van der Waals surface area (Å²) in [6.45, 7) is 5.32. The van der Waals surface area contributed by atoms with E-state index in [1.165, 1.54) is 0 Å². The fraction of sp³-hybridized carbons (Fsp3) is 0.714. The number of rotatable bonds is 2. The lowest BCUT2D eigenvalue weighted by molar-refractivity contribution is 0.0394.